The van der Waals surface area contributed by atoms with Crippen molar-refractivity contribution in [1.29, 1.82) is 0 Å². The molecule has 0 N–H and O–H groups in total. The number of Topliss-reactive ketones (excluding diaryl/α,β-unsaturated/α-hetero) is 2. The normalized spacial score (nSPS) is 14.3. The van der Waals surface area contributed by atoms with Crippen molar-refractivity contribution in [1.82, 2.24) is 0 Å². The van der Waals surface area contributed by atoms with Crippen LogP contribution in [0, 0.1) is 0 Å². The van der Waals surface area contributed by atoms with Crippen molar-refractivity contribution in [3.8, 4) is 0 Å². The molecule has 1 aliphatic carbocycles. The topological polar surface area (TPSA) is 34.1 Å². The van der Waals surface area contributed by atoms with Crippen molar-refractivity contribution in [2.24, 2.45) is 0 Å². The summed E-state index contributed by atoms with van der Waals surface area (Å²) in [7, 11) is 0. The lowest BCUT2D eigenvalue weighted by molar-refractivity contribution is -0.109. The van der Waals surface area contributed by atoms with Gasteiger partial charge >= 0.3 is 0 Å². The molecule has 0 bridgehead atoms. The molecule has 0 aliphatic heterocycles. The molecule has 15 heavy (non-hydrogen) atoms. The van der Waals surface area contributed by atoms with Crippen molar-refractivity contribution in [3.63, 3.8) is 0 Å². The highest BCUT2D eigenvalue weighted by Gasteiger charge is 2.33. The van der Waals surface area contributed by atoms with Crippen LogP contribution in [0.3, 0.4) is 0 Å². The Balaban J connectivity index is 2.80. The summed E-state index contributed by atoms with van der Waals surface area (Å²) >= 11 is 3.25. The van der Waals surface area contributed by atoms with Crippen LogP contribution in [0.2, 0.25) is 0 Å². The lowest BCUT2D eigenvalue weighted by Gasteiger charge is -2.05. The molecule has 0 unspecified atom stereocenters. The largest absolute Gasteiger partial charge is 0.285 e. The van der Waals surface area contributed by atoms with Crippen LogP contribution in [0.15, 0.2) is 31.4 Å². The van der Waals surface area contributed by atoms with Gasteiger partial charge in [-0.3, -0.25) is 9.59 Å². The van der Waals surface area contributed by atoms with E-state index >= 15 is 0 Å². The van der Waals surface area contributed by atoms with E-state index in [-0.39, 0.29) is 5.57 Å². The number of allylic oxidation sites excluding steroid dienone is 1. The van der Waals surface area contributed by atoms with E-state index in [9.17, 15) is 9.59 Å². The Morgan fingerprint density at radius 1 is 1.20 bits per heavy atom. The van der Waals surface area contributed by atoms with Gasteiger partial charge in [0.2, 0.25) is 11.6 Å². The first kappa shape index (κ1) is 10.1. The molecule has 1 aliphatic rings. The fourth-order valence-electron chi connectivity index (χ4n) is 1.67. The fraction of sp³-hybridized carbons (Fsp3) is 0. The van der Waals surface area contributed by atoms with Crippen LogP contribution in [0.5, 0.6) is 0 Å². The quantitative estimate of drug-likeness (QED) is 0.576. The number of hydrogen-bond acceptors (Lipinski definition) is 2. The van der Waals surface area contributed by atoms with E-state index in [2.05, 4.69) is 29.1 Å². The minimum absolute atomic E-state index is 0.256. The number of fused-ring (bicyclic) bond motifs is 1. The molecule has 0 saturated heterocycles. The second kappa shape index (κ2) is 3.28. The Morgan fingerprint density at radius 3 is 2.47 bits per heavy atom. The summed E-state index contributed by atoms with van der Waals surface area (Å²) in [4.78, 5) is 23.0. The number of carbonyl (C=O) groups excluding carboxylic acids is 2. The van der Waals surface area contributed by atoms with Gasteiger partial charge in [0, 0.05) is 21.2 Å². The predicted molar refractivity (Wildman–Crippen MR) is 62.8 cm³/mol. The van der Waals surface area contributed by atoms with E-state index in [1.807, 2.05) is 0 Å². The van der Waals surface area contributed by atoms with Crippen LogP contribution in [-0.4, -0.2) is 11.6 Å². The molecule has 1 aromatic rings. The maximum absolute atomic E-state index is 11.5. The van der Waals surface area contributed by atoms with Crippen LogP contribution in [-0.2, 0) is 4.79 Å². The Morgan fingerprint density at radius 2 is 1.87 bits per heavy atom. The maximum atomic E-state index is 11.5. The summed E-state index contributed by atoms with van der Waals surface area (Å²) in [5.41, 5.74) is 2.03. The van der Waals surface area contributed by atoms with Crippen LogP contribution >= 0.6 is 15.9 Å². The Bertz CT molecular complexity index is 526. The van der Waals surface area contributed by atoms with Crippen LogP contribution in [0.1, 0.15) is 21.5 Å². The van der Waals surface area contributed by atoms with Gasteiger partial charge in [0.15, 0.2) is 0 Å². The maximum Gasteiger partial charge on any atom is 0.234 e. The van der Waals surface area contributed by atoms with Crippen molar-refractivity contribution in [3.05, 3.63) is 48.0 Å². The van der Waals surface area contributed by atoms with E-state index in [4.69, 9.17) is 0 Å². The van der Waals surface area contributed by atoms with Crippen LogP contribution in [0.25, 0.3) is 10.1 Å². The van der Waals surface area contributed by atoms with E-state index in [1.165, 1.54) is 0 Å². The minimum Gasteiger partial charge on any atom is -0.285 e. The first-order valence-corrected chi connectivity index (χ1v) is 5.09. The molecule has 1 aromatic carbocycles. The van der Waals surface area contributed by atoms with E-state index in [0.717, 1.165) is 5.56 Å². The number of halogens is 1. The van der Waals surface area contributed by atoms with E-state index in [1.54, 1.807) is 18.2 Å². The van der Waals surface area contributed by atoms with Gasteiger partial charge in [0.25, 0.3) is 0 Å². The van der Waals surface area contributed by atoms with Gasteiger partial charge in [-0.15, -0.1) is 0 Å². The van der Waals surface area contributed by atoms with Gasteiger partial charge in [-0.05, 0) is 5.56 Å². The number of hydrogen-bond donors (Lipinski definition) is 0. The second-order valence-electron chi connectivity index (χ2n) is 3.27. The van der Waals surface area contributed by atoms with E-state index in [0.29, 0.717) is 15.6 Å². The molecule has 0 amide bonds. The SMILES string of the molecule is C=C(Br)c1cccc2c1C(=C)C(=O)C2=O. The van der Waals surface area contributed by atoms with Crippen molar-refractivity contribution in [2.45, 2.75) is 0 Å². The monoisotopic (exact) mass is 262 g/mol. The first-order valence-electron chi connectivity index (χ1n) is 4.30. The summed E-state index contributed by atoms with van der Waals surface area (Å²) in [5, 5.41) is 0. The Kier molecular flexibility index (Phi) is 2.20. The number of ketones is 2. The van der Waals surface area contributed by atoms with Crippen molar-refractivity contribution in [2.75, 3.05) is 0 Å². The predicted octanol–water partition coefficient (Wildman–Crippen LogP) is 2.83. The molecule has 2 rings (SSSR count). The average Bonchev–Trinajstić information content (AvgIpc) is 2.44. The molecule has 0 aromatic heterocycles. The lowest BCUT2D eigenvalue weighted by Crippen LogP contribution is -2.04. The van der Waals surface area contributed by atoms with Crippen molar-refractivity contribution < 1.29 is 9.59 Å². The number of carbonyl (C=O) groups is 2. The molecule has 74 valence electrons. The summed E-state index contributed by atoms with van der Waals surface area (Å²) in [6.45, 7) is 7.38. The zero-order valence-electron chi connectivity index (χ0n) is 7.84. The van der Waals surface area contributed by atoms with Gasteiger partial charge < -0.3 is 0 Å². The Labute approximate surface area is 95.4 Å². The van der Waals surface area contributed by atoms with Gasteiger partial charge in [-0.1, -0.05) is 47.3 Å². The van der Waals surface area contributed by atoms with Crippen LogP contribution < -0.4 is 0 Å². The Hall–Kier alpha value is -1.48. The zero-order valence-corrected chi connectivity index (χ0v) is 9.43. The standard InChI is InChI=1S/C12H7BrO2/c1-6-10-8(7(2)13)4-3-5-9(10)12(15)11(6)14/h3-5H,1-2H2. The molecular weight excluding hydrogens is 256 g/mol. The highest BCUT2D eigenvalue weighted by molar-refractivity contribution is 9.15. The number of rotatable bonds is 1. The van der Waals surface area contributed by atoms with Gasteiger partial charge in [-0.2, -0.15) is 0 Å². The molecular formula is C12H7BrO2. The molecule has 0 radical (unpaired) electrons. The van der Waals surface area contributed by atoms with Crippen molar-refractivity contribution >= 4 is 37.6 Å². The summed E-state index contributed by atoms with van der Waals surface area (Å²) < 4.78 is 0.642. The average molecular weight is 263 g/mol. The van der Waals surface area contributed by atoms with E-state index < -0.39 is 11.6 Å². The molecule has 0 spiro atoms. The lowest BCUT2D eigenvalue weighted by atomic mass is 10.0. The molecule has 0 heterocycles. The third kappa shape index (κ3) is 1.31. The molecule has 2 nitrogen and oxygen atoms in total. The third-order valence-corrected chi connectivity index (χ3v) is 2.81. The van der Waals surface area contributed by atoms with Gasteiger partial charge in [0.05, 0.1) is 0 Å². The molecule has 0 fully saturated rings. The molecule has 0 atom stereocenters. The third-order valence-electron chi connectivity index (χ3n) is 2.38. The highest BCUT2D eigenvalue weighted by atomic mass is 79.9. The highest BCUT2D eigenvalue weighted by Crippen LogP contribution is 2.35. The second-order valence-corrected chi connectivity index (χ2v) is 4.23. The van der Waals surface area contributed by atoms with Gasteiger partial charge in [-0.25, -0.2) is 0 Å². The van der Waals surface area contributed by atoms with Gasteiger partial charge in [0.1, 0.15) is 0 Å². The molecule has 0 saturated carbocycles. The van der Waals surface area contributed by atoms with Crippen LogP contribution in [0.4, 0.5) is 0 Å². The fourth-order valence-corrected chi connectivity index (χ4v) is 2.00. The first-order chi connectivity index (χ1) is 7.04. The summed E-state index contributed by atoms with van der Waals surface area (Å²) in [6.07, 6.45) is 0. The molecule has 3 heteroatoms. The summed E-state index contributed by atoms with van der Waals surface area (Å²) in [5.74, 6) is -1.00. The smallest absolute Gasteiger partial charge is 0.234 e. The summed E-state index contributed by atoms with van der Waals surface area (Å²) in [6, 6.07) is 5.16. The zero-order chi connectivity index (χ0) is 11.2. The minimum atomic E-state index is -0.522. The number of benzene rings is 1.